The predicted molar refractivity (Wildman–Crippen MR) is 118 cm³/mol. The van der Waals surface area contributed by atoms with Gasteiger partial charge in [-0.25, -0.2) is 0 Å². The van der Waals surface area contributed by atoms with Gasteiger partial charge in [-0.05, 0) is 43.2 Å². The molecule has 1 aliphatic rings. The number of methoxy groups -OCH3 is 1. The molecule has 0 aromatic heterocycles. The van der Waals surface area contributed by atoms with Gasteiger partial charge in [0.15, 0.2) is 6.04 Å². The van der Waals surface area contributed by atoms with Crippen molar-refractivity contribution < 1.29 is 14.4 Å². The molecule has 0 unspecified atom stereocenters. The second kappa shape index (κ2) is 10.3. The Labute approximate surface area is 174 Å². The molecular formula is C24H34N3O2+. The van der Waals surface area contributed by atoms with Gasteiger partial charge in [-0.3, -0.25) is 4.79 Å². The first-order valence-electron chi connectivity index (χ1n) is 10.7. The molecular weight excluding hydrogens is 362 g/mol. The van der Waals surface area contributed by atoms with Gasteiger partial charge in [0, 0.05) is 18.2 Å². The molecule has 3 rings (SSSR count). The van der Waals surface area contributed by atoms with E-state index in [2.05, 4.69) is 60.5 Å². The van der Waals surface area contributed by atoms with Gasteiger partial charge >= 0.3 is 0 Å². The van der Waals surface area contributed by atoms with Crippen molar-refractivity contribution in [1.29, 1.82) is 0 Å². The Bertz CT molecular complexity index is 755. The molecule has 0 bridgehead atoms. The van der Waals surface area contributed by atoms with Gasteiger partial charge in [-0.2, -0.15) is 0 Å². The molecule has 2 aromatic rings. The van der Waals surface area contributed by atoms with E-state index >= 15 is 0 Å². The normalized spacial score (nSPS) is 16.9. The number of ether oxygens (including phenoxy) is 1. The molecule has 29 heavy (non-hydrogen) atoms. The molecule has 5 heteroatoms. The summed E-state index contributed by atoms with van der Waals surface area (Å²) in [5.74, 6) is 1.41. The highest BCUT2D eigenvalue weighted by Gasteiger charge is 2.29. The van der Waals surface area contributed by atoms with Crippen molar-refractivity contribution in [2.45, 2.75) is 32.2 Å². The third-order valence-electron chi connectivity index (χ3n) is 6.14. The Morgan fingerprint density at radius 2 is 1.76 bits per heavy atom. The van der Waals surface area contributed by atoms with Crippen molar-refractivity contribution in [3.8, 4) is 5.75 Å². The Hall–Kier alpha value is -2.53. The summed E-state index contributed by atoms with van der Waals surface area (Å²) in [6, 6.07) is 18.6. The smallest absolute Gasteiger partial charge is 0.278 e. The molecule has 2 atom stereocenters. The molecule has 1 amide bonds. The highest BCUT2D eigenvalue weighted by Crippen LogP contribution is 2.19. The quantitative estimate of drug-likeness (QED) is 0.718. The molecule has 0 radical (unpaired) electrons. The van der Waals surface area contributed by atoms with Crippen LogP contribution in [0.4, 0.5) is 5.69 Å². The first-order valence-corrected chi connectivity index (χ1v) is 10.7. The zero-order valence-corrected chi connectivity index (χ0v) is 17.9. The summed E-state index contributed by atoms with van der Waals surface area (Å²) in [5.41, 5.74) is 2.51. The molecule has 5 nitrogen and oxygen atoms in total. The van der Waals surface area contributed by atoms with E-state index in [1.165, 1.54) is 16.2 Å². The number of nitrogens with zero attached hydrogens (tertiary/aromatic N) is 1. The summed E-state index contributed by atoms with van der Waals surface area (Å²) < 4.78 is 5.24. The zero-order chi connectivity index (χ0) is 20.6. The first-order chi connectivity index (χ1) is 14.1. The van der Waals surface area contributed by atoms with Crippen LogP contribution in [0.3, 0.4) is 0 Å². The van der Waals surface area contributed by atoms with Crippen LogP contribution < -0.4 is 19.9 Å². The molecule has 1 heterocycles. The molecule has 0 spiro atoms. The van der Waals surface area contributed by atoms with Crippen LogP contribution in [0.15, 0.2) is 54.6 Å². The van der Waals surface area contributed by atoms with Crippen LogP contribution in [-0.4, -0.2) is 51.8 Å². The first kappa shape index (κ1) is 21.2. The van der Waals surface area contributed by atoms with Crippen LogP contribution in [0.2, 0.25) is 0 Å². The summed E-state index contributed by atoms with van der Waals surface area (Å²) in [6.45, 7) is 8.79. The highest BCUT2D eigenvalue weighted by molar-refractivity contribution is 5.80. The van der Waals surface area contributed by atoms with E-state index in [1.807, 2.05) is 18.2 Å². The lowest BCUT2D eigenvalue weighted by molar-refractivity contribution is -0.914. The van der Waals surface area contributed by atoms with Gasteiger partial charge in [0.2, 0.25) is 0 Å². The molecule has 1 fully saturated rings. The minimum Gasteiger partial charge on any atom is -0.497 e. The summed E-state index contributed by atoms with van der Waals surface area (Å²) in [4.78, 5) is 16.5. The number of carbonyl (C=O) groups is 1. The largest absolute Gasteiger partial charge is 0.497 e. The van der Waals surface area contributed by atoms with Crippen molar-refractivity contribution in [1.82, 2.24) is 5.32 Å². The van der Waals surface area contributed by atoms with Gasteiger partial charge in [0.1, 0.15) is 5.75 Å². The number of hydrogen-bond acceptors (Lipinski definition) is 3. The lowest BCUT2D eigenvalue weighted by atomic mass is 9.96. The number of hydrogen-bond donors (Lipinski definition) is 2. The second-order valence-corrected chi connectivity index (χ2v) is 7.83. The van der Waals surface area contributed by atoms with Crippen molar-refractivity contribution in [2.24, 2.45) is 0 Å². The topological polar surface area (TPSA) is 46.0 Å². The summed E-state index contributed by atoms with van der Waals surface area (Å²) in [6.07, 6.45) is 1.02. The third-order valence-corrected chi connectivity index (χ3v) is 6.14. The average Bonchev–Trinajstić information content (AvgIpc) is 2.79. The number of benzene rings is 2. The molecule has 1 aliphatic heterocycles. The van der Waals surface area contributed by atoms with Crippen molar-refractivity contribution in [2.75, 3.05) is 44.7 Å². The molecule has 2 aromatic carbocycles. The Kier molecular flexibility index (Phi) is 7.53. The summed E-state index contributed by atoms with van der Waals surface area (Å²) in [7, 11) is 1.69. The number of nitrogens with one attached hydrogen (secondary N) is 2. The average molecular weight is 397 g/mol. The van der Waals surface area contributed by atoms with Crippen LogP contribution in [-0.2, 0) is 4.79 Å². The van der Waals surface area contributed by atoms with Crippen LogP contribution in [0.1, 0.15) is 31.7 Å². The fraction of sp³-hybridized carbons (Fsp3) is 0.458. The molecule has 0 saturated carbocycles. The zero-order valence-electron chi connectivity index (χ0n) is 17.9. The van der Waals surface area contributed by atoms with Crippen LogP contribution in [0.25, 0.3) is 0 Å². The SMILES string of the molecule is CC[C@H](CNC(=O)[C@@H](C)[NH+]1CCN(c2ccc(OC)cc2)CC1)c1ccccc1. The number of quaternary nitrogens is 1. The molecule has 156 valence electrons. The molecule has 0 aliphatic carbocycles. The van der Waals surface area contributed by atoms with Gasteiger partial charge in [-0.15, -0.1) is 0 Å². The second-order valence-electron chi connectivity index (χ2n) is 7.83. The van der Waals surface area contributed by atoms with Gasteiger partial charge in [0.25, 0.3) is 5.91 Å². The fourth-order valence-electron chi connectivity index (χ4n) is 4.06. The number of rotatable bonds is 8. The number of anilines is 1. The number of amides is 1. The van der Waals surface area contributed by atoms with Crippen LogP contribution >= 0.6 is 0 Å². The van der Waals surface area contributed by atoms with Crippen LogP contribution in [0.5, 0.6) is 5.75 Å². The standard InChI is InChI=1S/C24H33N3O2/c1-4-20(21-8-6-5-7-9-21)18-25-24(28)19(2)26-14-16-27(17-15-26)22-10-12-23(29-3)13-11-22/h5-13,19-20H,4,14-18H2,1-3H3,(H,25,28)/p+1/t19-,20-/m1/s1. The maximum atomic E-state index is 12.8. The highest BCUT2D eigenvalue weighted by atomic mass is 16.5. The van der Waals surface area contributed by atoms with E-state index in [-0.39, 0.29) is 11.9 Å². The van der Waals surface area contributed by atoms with E-state index in [1.54, 1.807) is 7.11 Å². The lowest BCUT2D eigenvalue weighted by Gasteiger charge is -2.36. The van der Waals surface area contributed by atoms with E-state index < -0.39 is 0 Å². The summed E-state index contributed by atoms with van der Waals surface area (Å²) in [5, 5.41) is 3.20. The van der Waals surface area contributed by atoms with E-state index in [0.29, 0.717) is 12.5 Å². The Morgan fingerprint density at radius 1 is 1.10 bits per heavy atom. The summed E-state index contributed by atoms with van der Waals surface area (Å²) >= 11 is 0. The van der Waals surface area contributed by atoms with Gasteiger partial charge < -0.3 is 19.9 Å². The Morgan fingerprint density at radius 3 is 2.34 bits per heavy atom. The van der Waals surface area contributed by atoms with Gasteiger partial charge in [-0.1, -0.05) is 37.3 Å². The predicted octanol–water partition coefficient (Wildman–Crippen LogP) is 2.10. The minimum atomic E-state index is -0.0266. The van der Waals surface area contributed by atoms with Gasteiger partial charge in [0.05, 0.1) is 33.3 Å². The molecule has 2 N–H and O–H groups in total. The van der Waals surface area contributed by atoms with E-state index in [9.17, 15) is 4.79 Å². The number of carbonyl (C=O) groups excluding carboxylic acids is 1. The maximum Gasteiger partial charge on any atom is 0.278 e. The minimum absolute atomic E-state index is 0.0266. The van der Waals surface area contributed by atoms with Crippen molar-refractivity contribution in [3.63, 3.8) is 0 Å². The number of piperazine rings is 1. The third kappa shape index (κ3) is 5.51. The van der Waals surface area contributed by atoms with E-state index in [0.717, 1.165) is 38.3 Å². The van der Waals surface area contributed by atoms with Crippen molar-refractivity contribution >= 4 is 11.6 Å². The van der Waals surface area contributed by atoms with Crippen LogP contribution in [0, 0.1) is 0 Å². The maximum absolute atomic E-state index is 12.8. The lowest BCUT2D eigenvalue weighted by Crippen LogP contribution is -3.19. The monoisotopic (exact) mass is 396 g/mol. The molecule has 1 saturated heterocycles. The fourth-order valence-corrected chi connectivity index (χ4v) is 4.06. The van der Waals surface area contributed by atoms with Crippen molar-refractivity contribution in [3.05, 3.63) is 60.2 Å². The van der Waals surface area contributed by atoms with E-state index in [4.69, 9.17) is 4.74 Å². The Balaban J connectivity index is 1.48.